The SMILES string of the molecule is CC/C=C\C/C=C\C/C=C\C/C=C\C/C=C\C/C=C\C/C=C\CCCCCC(=O)OCC(COC(=O)CCCCCCCCC/C=C\C/C=C\C/C=C\CC)OC(=O)CCCCCCCCCC/C=C\C/C=C\C/C=C\C/C=C\CC. The van der Waals surface area contributed by atoms with E-state index < -0.39 is 6.10 Å². The first-order valence-corrected chi connectivity index (χ1v) is 32.6. The fraction of sp³-hybridized carbons (Fsp3) is 0.587. The monoisotopic (exact) mass is 1110 g/mol. The maximum absolute atomic E-state index is 12.9. The van der Waals surface area contributed by atoms with Gasteiger partial charge in [-0.2, -0.15) is 0 Å². The standard InChI is InChI=1S/C75H118O6/c1-4-7-10-13-16-19-22-25-28-31-33-35-36-37-38-40-41-44-47-50-53-56-59-62-65-68-74(77)80-71-72(70-79-73(76)67-64-61-58-55-52-49-46-43-30-27-24-21-18-15-12-9-6-3)81-75(78)69-66-63-60-57-54-51-48-45-42-39-34-32-29-26-23-20-17-14-11-8-5-2/h7-12,16-21,25-30,33-35,37-39,41,44,50,53,72H,4-6,13-15,22-24,31-32,36,40,42-43,45-49,51-52,54-71H2,1-3H3/b10-7-,11-8-,12-9-,19-16-,20-17-,21-18-,28-25-,29-26-,30-27-,35-33-,38-37-,39-34-,44-41-,53-50-. The minimum Gasteiger partial charge on any atom is -0.462 e. The molecule has 81 heavy (non-hydrogen) atoms. The average Bonchev–Trinajstić information content (AvgIpc) is 3.47. The molecule has 6 heteroatoms. The lowest BCUT2D eigenvalue weighted by Crippen LogP contribution is -2.30. The van der Waals surface area contributed by atoms with Crippen molar-refractivity contribution < 1.29 is 28.6 Å². The lowest BCUT2D eigenvalue weighted by molar-refractivity contribution is -0.167. The third-order valence-electron chi connectivity index (χ3n) is 13.2. The second-order valence-corrected chi connectivity index (χ2v) is 20.9. The van der Waals surface area contributed by atoms with Crippen LogP contribution in [-0.4, -0.2) is 37.2 Å². The molecule has 6 nitrogen and oxygen atoms in total. The maximum atomic E-state index is 12.9. The molecule has 0 aromatic heterocycles. The van der Waals surface area contributed by atoms with Crippen LogP contribution < -0.4 is 0 Å². The highest BCUT2D eigenvalue weighted by Gasteiger charge is 2.19. The van der Waals surface area contributed by atoms with Crippen LogP contribution in [0.5, 0.6) is 0 Å². The van der Waals surface area contributed by atoms with Gasteiger partial charge < -0.3 is 14.2 Å². The number of rotatable bonds is 57. The number of hydrogen-bond acceptors (Lipinski definition) is 6. The molecule has 0 fully saturated rings. The van der Waals surface area contributed by atoms with Gasteiger partial charge in [-0.3, -0.25) is 14.4 Å². The average molecular weight is 1120 g/mol. The van der Waals surface area contributed by atoms with Crippen molar-refractivity contribution in [2.45, 2.75) is 271 Å². The molecule has 0 saturated heterocycles. The van der Waals surface area contributed by atoms with Gasteiger partial charge >= 0.3 is 17.9 Å². The molecule has 1 unspecified atom stereocenters. The van der Waals surface area contributed by atoms with Crippen LogP contribution in [-0.2, 0) is 28.6 Å². The third kappa shape index (κ3) is 65.5. The van der Waals surface area contributed by atoms with Gasteiger partial charge in [-0.05, 0) is 148 Å². The van der Waals surface area contributed by atoms with Gasteiger partial charge in [-0.25, -0.2) is 0 Å². The fourth-order valence-electron chi connectivity index (χ4n) is 8.43. The van der Waals surface area contributed by atoms with E-state index >= 15 is 0 Å². The highest BCUT2D eigenvalue weighted by molar-refractivity contribution is 5.71. The molecule has 0 aromatic rings. The number of hydrogen-bond donors (Lipinski definition) is 0. The second kappa shape index (κ2) is 67.3. The summed E-state index contributed by atoms with van der Waals surface area (Å²) in [6.45, 7) is 6.26. The van der Waals surface area contributed by atoms with E-state index in [9.17, 15) is 14.4 Å². The van der Waals surface area contributed by atoms with Crippen LogP contribution in [0.25, 0.3) is 0 Å². The Morgan fingerprint density at radius 1 is 0.247 bits per heavy atom. The summed E-state index contributed by atoms with van der Waals surface area (Å²) in [5.74, 6) is -0.959. The van der Waals surface area contributed by atoms with E-state index in [1.54, 1.807) is 0 Å². The smallest absolute Gasteiger partial charge is 0.306 e. The number of unbranched alkanes of at least 4 members (excludes halogenated alkanes) is 18. The first-order chi connectivity index (χ1) is 40.0. The molecular weight excluding hydrogens is 997 g/mol. The highest BCUT2D eigenvalue weighted by Crippen LogP contribution is 2.14. The zero-order chi connectivity index (χ0) is 58.5. The lowest BCUT2D eigenvalue weighted by Gasteiger charge is -2.18. The number of ether oxygens (including phenoxy) is 3. The van der Waals surface area contributed by atoms with Gasteiger partial charge in [-0.1, -0.05) is 268 Å². The predicted molar refractivity (Wildman–Crippen MR) is 352 cm³/mol. The van der Waals surface area contributed by atoms with Gasteiger partial charge in [0.15, 0.2) is 6.10 Å². The van der Waals surface area contributed by atoms with Crippen LogP contribution in [0.4, 0.5) is 0 Å². The molecule has 0 spiro atoms. The van der Waals surface area contributed by atoms with Crippen LogP contribution >= 0.6 is 0 Å². The minimum atomic E-state index is -0.812. The summed E-state index contributed by atoms with van der Waals surface area (Å²) in [4.78, 5) is 38.4. The molecule has 0 radical (unpaired) electrons. The van der Waals surface area contributed by atoms with Gasteiger partial charge in [0.05, 0.1) is 0 Å². The quantitative estimate of drug-likeness (QED) is 0.0261. The molecule has 1 atom stereocenters. The molecule has 0 N–H and O–H groups in total. The molecule has 0 aliphatic carbocycles. The lowest BCUT2D eigenvalue weighted by atomic mass is 10.1. The molecule has 454 valence electrons. The summed E-state index contributed by atoms with van der Waals surface area (Å²) in [5, 5.41) is 0. The third-order valence-corrected chi connectivity index (χ3v) is 13.2. The Bertz CT molecular complexity index is 1860. The summed E-state index contributed by atoms with van der Waals surface area (Å²) in [6, 6.07) is 0. The maximum Gasteiger partial charge on any atom is 0.306 e. The molecule has 0 bridgehead atoms. The topological polar surface area (TPSA) is 78.9 Å². The first-order valence-electron chi connectivity index (χ1n) is 32.6. The Morgan fingerprint density at radius 2 is 0.444 bits per heavy atom. The minimum absolute atomic E-state index is 0.105. The predicted octanol–water partition coefficient (Wildman–Crippen LogP) is 22.7. The van der Waals surface area contributed by atoms with Crippen LogP contribution in [0.1, 0.15) is 265 Å². The van der Waals surface area contributed by atoms with Gasteiger partial charge in [0.2, 0.25) is 0 Å². The summed E-state index contributed by atoms with van der Waals surface area (Å²) in [6.07, 6.45) is 99.2. The van der Waals surface area contributed by atoms with E-state index in [1.807, 2.05) is 0 Å². The molecule has 0 aliphatic heterocycles. The van der Waals surface area contributed by atoms with Crippen molar-refractivity contribution in [1.29, 1.82) is 0 Å². The largest absolute Gasteiger partial charge is 0.462 e. The van der Waals surface area contributed by atoms with Gasteiger partial charge in [0.1, 0.15) is 13.2 Å². The highest BCUT2D eigenvalue weighted by atomic mass is 16.6. The second-order valence-electron chi connectivity index (χ2n) is 20.9. The zero-order valence-corrected chi connectivity index (χ0v) is 52.0. The van der Waals surface area contributed by atoms with Crippen molar-refractivity contribution in [2.24, 2.45) is 0 Å². The van der Waals surface area contributed by atoms with Crippen molar-refractivity contribution in [1.82, 2.24) is 0 Å². The Balaban J connectivity index is 4.51. The van der Waals surface area contributed by atoms with Gasteiger partial charge in [-0.15, -0.1) is 0 Å². The molecule has 0 aliphatic rings. The first kappa shape index (κ1) is 75.8. The Labute approximate surface area is 498 Å². The van der Waals surface area contributed by atoms with Crippen molar-refractivity contribution in [3.8, 4) is 0 Å². The van der Waals surface area contributed by atoms with Crippen molar-refractivity contribution in [3.05, 3.63) is 170 Å². The molecular formula is C75H118O6. The van der Waals surface area contributed by atoms with Crippen LogP contribution in [0.3, 0.4) is 0 Å². The van der Waals surface area contributed by atoms with Crippen molar-refractivity contribution in [3.63, 3.8) is 0 Å². The van der Waals surface area contributed by atoms with Crippen LogP contribution in [0.2, 0.25) is 0 Å². The van der Waals surface area contributed by atoms with E-state index in [0.29, 0.717) is 19.3 Å². The zero-order valence-electron chi connectivity index (χ0n) is 52.0. The summed E-state index contributed by atoms with van der Waals surface area (Å²) < 4.78 is 16.9. The van der Waals surface area contributed by atoms with Crippen molar-refractivity contribution >= 4 is 17.9 Å². The van der Waals surface area contributed by atoms with Gasteiger partial charge in [0, 0.05) is 19.3 Å². The van der Waals surface area contributed by atoms with E-state index in [2.05, 4.69) is 191 Å². The summed E-state index contributed by atoms with van der Waals surface area (Å²) in [5.41, 5.74) is 0. The molecule has 0 aromatic carbocycles. The molecule has 0 saturated carbocycles. The number of carbonyl (C=O) groups is 3. The van der Waals surface area contributed by atoms with Crippen LogP contribution in [0.15, 0.2) is 170 Å². The fourth-order valence-corrected chi connectivity index (χ4v) is 8.43. The molecule has 0 rings (SSSR count). The van der Waals surface area contributed by atoms with E-state index in [1.165, 1.54) is 57.8 Å². The Hall–Kier alpha value is -5.23. The number of carbonyl (C=O) groups excluding carboxylic acids is 3. The van der Waals surface area contributed by atoms with Crippen molar-refractivity contribution in [2.75, 3.05) is 13.2 Å². The molecule has 0 heterocycles. The van der Waals surface area contributed by atoms with E-state index in [-0.39, 0.29) is 31.1 Å². The summed E-state index contributed by atoms with van der Waals surface area (Å²) >= 11 is 0. The van der Waals surface area contributed by atoms with E-state index in [0.717, 1.165) is 167 Å². The Morgan fingerprint density at radius 3 is 0.704 bits per heavy atom. The van der Waals surface area contributed by atoms with Gasteiger partial charge in [0.25, 0.3) is 0 Å². The van der Waals surface area contributed by atoms with Crippen LogP contribution in [0, 0.1) is 0 Å². The number of esters is 3. The number of allylic oxidation sites excluding steroid dienone is 28. The Kier molecular flexibility index (Phi) is 62.9. The summed E-state index contributed by atoms with van der Waals surface area (Å²) in [7, 11) is 0. The molecule has 0 amide bonds. The van der Waals surface area contributed by atoms with E-state index in [4.69, 9.17) is 14.2 Å². The normalized spacial score (nSPS) is 13.3.